The van der Waals surface area contributed by atoms with E-state index in [4.69, 9.17) is 4.74 Å². The SMILES string of the molecule is C/C=S(\C)Nn1c(=O)[nH]c2cc(C(F)(F)F)c(C(C)OC(C)C)cc2c1=O. The van der Waals surface area contributed by atoms with Crippen LogP contribution in [-0.4, -0.2) is 27.4 Å². The maximum Gasteiger partial charge on any atom is 0.416 e. The Bertz CT molecular complexity index is 993. The number of alkyl halides is 3. The Morgan fingerprint density at radius 2 is 1.89 bits per heavy atom. The fourth-order valence-corrected chi connectivity index (χ4v) is 3.18. The number of hydrogen-bond acceptors (Lipinski definition) is 4. The largest absolute Gasteiger partial charge is 0.416 e. The number of hydrogen-bond donors (Lipinski definition) is 2. The molecule has 0 saturated carbocycles. The molecule has 1 aromatic carbocycles. The van der Waals surface area contributed by atoms with Gasteiger partial charge in [-0.3, -0.25) is 9.63 Å². The summed E-state index contributed by atoms with van der Waals surface area (Å²) in [5.74, 6) is 0. The van der Waals surface area contributed by atoms with Gasteiger partial charge in [-0.15, -0.1) is 0 Å². The van der Waals surface area contributed by atoms with Gasteiger partial charge in [-0.2, -0.15) is 17.8 Å². The molecule has 6 nitrogen and oxygen atoms in total. The van der Waals surface area contributed by atoms with Crippen molar-refractivity contribution in [3.05, 3.63) is 44.1 Å². The summed E-state index contributed by atoms with van der Waals surface area (Å²) in [7, 11) is -0.569. The molecule has 0 fully saturated rings. The monoisotopic (exact) mass is 405 g/mol. The van der Waals surface area contributed by atoms with E-state index >= 15 is 0 Å². The summed E-state index contributed by atoms with van der Waals surface area (Å²) in [5, 5.41) is 1.73. The Morgan fingerprint density at radius 1 is 1.26 bits per heavy atom. The van der Waals surface area contributed by atoms with E-state index in [9.17, 15) is 22.8 Å². The van der Waals surface area contributed by atoms with Crippen LogP contribution in [0.5, 0.6) is 0 Å². The van der Waals surface area contributed by atoms with Crippen LogP contribution in [-0.2, 0) is 10.9 Å². The molecule has 0 spiro atoms. The third kappa shape index (κ3) is 4.62. The molecule has 0 aliphatic rings. The second-order valence-electron chi connectivity index (χ2n) is 6.27. The molecule has 0 amide bonds. The first-order chi connectivity index (χ1) is 12.5. The zero-order chi connectivity index (χ0) is 20.5. The quantitative estimate of drug-likeness (QED) is 0.748. The Kier molecular flexibility index (Phi) is 6.21. The highest BCUT2D eigenvalue weighted by atomic mass is 32.2. The Hall–Kier alpha value is -2.07. The van der Waals surface area contributed by atoms with Crippen LogP contribution in [0.1, 0.15) is 44.9 Å². The number of benzene rings is 1. The van der Waals surface area contributed by atoms with Crippen LogP contribution in [0.3, 0.4) is 0 Å². The average Bonchev–Trinajstić information content (AvgIpc) is 2.55. The number of nitrogens with one attached hydrogen (secondary N) is 2. The topological polar surface area (TPSA) is 76.1 Å². The first-order valence-corrected chi connectivity index (χ1v) is 9.91. The number of H-pyrrole nitrogens is 1. The third-order valence-electron chi connectivity index (χ3n) is 3.88. The molecule has 0 bridgehead atoms. The fourth-order valence-electron chi connectivity index (χ4n) is 2.62. The van der Waals surface area contributed by atoms with Gasteiger partial charge in [-0.25, -0.2) is 4.79 Å². The first kappa shape index (κ1) is 21.2. The molecule has 2 N–H and O–H groups in total. The minimum Gasteiger partial charge on any atom is -0.371 e. The average molecular weight is 405 g/mol. The van der Waals surface area contributed by atoms with E-state index in [-0.39, 0.29) is 22.6 Å². The highest BCUT2D eigenvalue weighted by Gasteiger charge is 2.36. The number of halogens is 3. The molecule has 0 aliphatic heterocycles. The first-order valence-electron chi connectivity index (χ1n) is 8.22. The highest BCUT2D eigenvalue weighted by Crippen LogP contribution is 2.37. The van der Waals surface area contributed by atoms with Gasteiger partial charge in [0.25, 0.3) is 5.56 Å². The fraction of sp³-hybridized carbons (Fsp3) is 0.471. The molecule has 0 radical (unpaired) electrons. The Labute approximate surface area is 156 Å². The lowest BCUT2D eigenvalue weighted by atomic mass is 10.00. The van der Waals surface area contributed by atoms with E-state index in [0.717, 1.165) is 16.8 Å². The molecule has 0 saturated heterocycles. The number of nitrogens with zero attached hydrogens (tertiary/aromatic N) is 1. The van der Waals surface area contributed by atoms with Crippen LogP contribution in [0.2, 0.25) is 0 Å². The van der Waals surface area contributed by atoms with Gasteiger partial charge in [0.1, 0.15) is 0 Å². The van der Waals surface area contributed by atoms with Gasteiger partial charge in [0, 0.05) is 0 Å². The molecule has 1 aromatic heterocycles. The van der Waals surface area contributed by atoms with Crippen molar-refractivity contribution in [2.24, 2.45) is 0 Å². The second-order valence-corrected chi connectivity index (χ2v) is 8.03. The predicted molar refractivity (Wildman–Crippen MR) is 103 cm³/mol. The van der Waals surface area contributed by atoms with Crippen LogP contribution in [0.15, 0.2) is 21.7 Å². The molecule has 0 aliphatic carbocycles. The van der Waals surface area contributed by atoms with Crippen LogP contribution in [0.4, 0.5) is 13.2 Å². The van der Waals surface area contributed by atoms with E-state index in [1.54, 1.807) is 32.4 Å². The van der Waals surface area contributed by atoms with Crippen molar-refractivity contribution < 1.29 is 17.9 Å². The van der Waals surface area contributed by atoms with E-state index < -0.39 is 39.8 Å². The van der Waals surface area contributed by atoms with Crippen LogP contribution >= 0.6 is 10.7 Å². The van der Waals surface area contributed by atoms with Gasteiger partial charge >= 0.3 is 11.9 Å². The van der Waals surface area contributed by atoms with Gasteiger partial charge < -0.3 is 9.72 Å². The summed E-state index contributed by atoms with van der Waals surface area (Å²) in [4.78, 5) is 29.9. The maximum absolute atomic E-state index is 13.5. The molecular formula is C17H22F3N3O3S. The molecule has 27 heavy (non-hydrogen) atoms. The van der Waals surface area contributed by atoms with Crippen molar-refractivity contribution in [3.63, 3.8) is 0 Å². The van der Waals surface area contributed by atoms with E-state index in [1.165, 1.54) is 6.92 Å². The Morgan fingerprint density at radius 3 is 2.41 bits per heavy atom. The molecule has 2 rings (SSSR count). The molecule has 150 valence electrons. The van der Waals surface area contributed by atoms with E-state index in [1.807, 2.05) is 0 Å². The lowest BCUT2D eigenvalue weighted by Crippen LogP contribution is -2.39. The lowest BCUT2D eigenvalue weighted by molar-refractivity contribution is -0.139. The zero-order valence-electron chi connectivity index (χ0n) is 15.6. The second kappa shape index (κ2) is 7.89. The summed E-state index contributed by atoms with van der Waals surface area (Å²) >= 11 is 0. The van der Waals surface area contributed by atoms with Crippen molar-refractivity contribution in [2.45, 2.75) is 46.1 Å². The number of ether oxygens (including phenoxy) is 1. The molecular weight excluding hydrogens is 383 g/mol. The molecule has 1 heterocycles. The van der Waals surface area contributed by atoms with Gasteiger partial charge in [-0.05, 0) is 57.0 Å². The van der Waals surface area contributed by atoms with Gasteiger partial charge in [0.2, 0.25) is 0 Å². The Balaban J connectivity index is 2.80. The number of fused-ring (bicyclic) bond motifs is 1. The predicted octanol–water partition coefficient (Wildman–Crippen LogP) is 3.37. The summed E-state index contributed by atoms with van der Waals surface area (Å²) in [6, 6.07) is 1.93. The lowest BCUT2D eigenvalue weighted by Gasteiger charge is -2.21. The standard InChI is InChI=1S/C17H22F3N3O3S/c1-6-27(5)22-23-15(24)12-7-11(10(4)26-9(2)3)13(17(18,19)20)8-14(12)21-16(23)25/h6-10,22H,1-5H3,(H,21,25). The molecule has 2 aromatic rings. The van der Waals surface area contributed by atoms with Gasteiger partial charge in [0.15, 0.2) is 0 Å². The summed E-state index contributed by atoms with van der Waals surface area (Å²) in [6.07, 6.45) is -4.08. The molecule has 2 atom stereocenters. The number of aromatic amines is 1. The minimum absolute atomic E-state index is 0.0302. The van der Waals surface area contributed by atoms with Crippen LogP contribution in [0, 0.1) is 0 Å². The zero-order valence-corrected chi connectivity index (χ0v) is 16.4. The molecule has 2 unspecified atom stereocenters. The highest BCUT2D eigenvalue weighted by molar-refractivity contribution is 8.15. The van der Waals surface area contributed by atoms with Crippen molar-refractivity contribution in [1.29, 1.82) is 0 Å². The van der Waals surface area contributed by atoms with Crippen molar-refractivity contribution in [3.8, 4) is 0 Å². The molecule has 10 heteroatoms. The normalized spacial score (nSPS) is 14.7. The number of aromatic nitrogens is 2. The van der Waals surface area contributed by atoms with E-state index in [2.05, 4.69) is 9.82 Å². The summed E-state index contributed by atoms with van der Waals surface area (Å²) in [5.41, 5.74) is -2.83. The van der Waals surface area contributed by atoms with Crippen LogP contribution < -0.4 is 16.1 Å². The van der Waals surface area contributed by atoms with Gasteiger partial charge in [-0.1, -0.05) is 10.7 Å². The third-order valence-corrected chi connectivity index (χ3v) is 5.05. The smallest absolute Gasteiger partial charge is 0.371 e. The summed E-state index contributed by atoms with van der Waals surface area (Å²) < 4.78 is 46.8. The van der Waals surface area contributed by atoms with Crippen molar-refractivity contribution >= 4 is 26.9 Å². The van der Waals surface area contributed by atoms with Crippen LogP contribution in [0.25, 0.3) is 10.9 Å². The van der Waals surface area contributed by atoms with Crippen molar-refractivity contribution in [1.82, 2.24) is 9.66 Å². The van der Waals surface area contributed by atoms with Crippen molar-refractivity contribution in [2.75, 3.05) is 11.1 Å². The maximum atomic E-state index is 13.5. The summed E-state index contributed by atoms with van der Waals surface area (Å²) in [6.45, 7) is 6.68. The van der Waals surface area contributed by atoms with Gasteiger partial charge in [0.05, 0.1) is 28.7 Å². The minimum atomic E-state index is -4.66. The number of rotatable bonds is 5. The van der Waals surface area contributed by atoms with E-state index in [0.29, 0.717) is 0 Å².